The van der Waals surface area contributed by atoms with E-state index in [1.165, 1.54) is 5.56 Å². The van der Waals surface area contributed by atoms with Crippen molar-refractivity contribution >= 4 is 25.8 Å². The molecule has 1 aliphatic rings. The minimum Gasteiger partial charge on any atom is -0.317 e. The number of nitrogens with one attached hydrogen (secondary N) is 1. The highest BCUT2D eigenvalue weighted by Crippen LogP contribution is 2.30. The lowest BCUT2D eigenvalue weighted by atomic mass is 9.86. The molecule has 0 aromatic heterocycles. The molecule has 20 heavy (non-hydrogen) atoms. The molecule has 2 unspecified atom stereocenters. The second kappa shape index (κ2) is 7.05. The SMILES string of the molecule is CCNCC(Cc1ccccc1Br)C1CCS(=O)(=O)C1. The summed E-state index contributed by atoms with van der Waals surface area (Å²) in [6, 6.07) is 8.21. The fourth-order valence-electron chi connectivity index (χ4n) is 2.88. The van der Waals surface area contributed by atoms with Gasteiger partial charge in [0.25, 0.3) is 0 Å². The van der Waals surface area contributed by atoms with Crippen LogP contribution < -0.4 is 5.32 Å². The van der Waals surface area contributed by atoms with Gasteiger partial charge in [-0.3, -0.25) is 0 Å². The van der Waals surface area contributed by atoms with E-state index in [1.54, 1.807) is 0 Å². The maximum Gasteiger partial charge on any atom is 0.150 e. The topological polar surface area (TPSA) is 46.2 Å². The standard InChI is InChI=1S/C15H22BrNO2S/c1-2-17-10-14(13-7-8-20(18,19)11-13)9-12-5-3-4-6-15(12)16/h3-6,13-14,17H,2,7-11H2,1H3. The summed E-state index contributed by atoms with van der Waals surface area (Å²) in [6.07, 6.45) is 1.73. The molecule has 0 radical (unpaired) electrons. The molecule has 1 saturated heterocycles. The molecule has 3 nitrogen and oxygen atoms in total. The van der Waals surface area contributed by atoms with Crippen LogP contribution in [0.15, 0.2) is 28.7 Å². The first-order chi connectivity index (χ1) is 9.52. The molecule has 0 amide bonds. The van der Waals surface area contributed by atoms with Crippen molar-refractivity contribution in [3.05, 3.63) is 34.3 Å². The minimum atomic E-state index is -2.81. The molecular formula is C15H22BrNO2S. The average molecular weight is 360 g/mol. The summed E-state index contributed by atoms with van der Waals surface area (Å²) in [5.74, 6) is 1.38. The third-order valence-corrected chi connectivity index (χ3v) is 6.60. The van der Waals surface area contributed by atoms with Crippen LogP contribution in [0.5, 0.6) is 0 Å². The first-order valence-corrected chi connectivity index (χ1v) is 9.78. The van der Waals surface area contributed by atoms with Crippen LogP contribution in [0.3, 0.4) is 0 Å². The number of benzene rings is 1. The normalized spacial score (nSPS) is 22.8. The van der Waals surface area contributed by atoms with Gasteiger partial charge in [0.1, 0.15) is 0 Å². The number of hydrogen-bond donors (Lipinski definition) is 1. The maximum absolute atomic E-state index is 11.7. The number of sulfone groups is 1. The van der Waals surface area contributed by atoms with Gasteiger partial charge < -0.3 is 5.32 Å². The van der Waals surface area contributed by atoms with E-state index in [0.717, 1.165) is 30.4 Å². The lowest BCUT2D eigenvalue weighted by Crippen LogP contribution is -2.30. The fraction of sp³-hybridized carbons (Fsp3) is 0.600. The molecule has 1 aromatic carbocycles. The predicted molar refractivity (Wildman–Crippen MR) is 86.6 cm³/mol. The van der Waals surface area contributed by atoms with Gasteiger partial charge in [-0.25, -0.2) is 8.42 Å². The Hall–Kier alpha value is -0.390. The van der Waals surface area contributed by atoms with Crippen molar-refractivity contribution in [1.82, 2.24) is 5.32 Å². The molecule has 0 spiro atoms. The number of halogens is 1. The van der Waals surface area contributed by atoms with E-state index in [1.807, 2.05) is 18.2 Å². The van der Waals surface area contributed by atoms with E-state index in [0.29, 0.717) is 17.4 Å². The van der Waals surface area contributed by atoms with Crippen LogP contribution in [0, 0.1) is 11.8 Å². The smallest absolute Gasteiger partial charge is 0.150 e. The lowest BCUT2D eigenvalue weighted by Gasteiger charge is -2.23. The summed E-state index contributed by atoms with van der Waals surface area (Å²) in [4.78, 5) is 0. The van der Waals surface area contributed by atoms with E-state index >= 15 is 0 Å². The zero-order valence-corrected chi connectivity index (χ0v) is 14.2. The summed E-state index contributed by atoms with van der Waals surface area (Å²) in [7, 11) is -2.81. The molecule has 2 atom stereocenters. The number of rotatable bonds is 6. The molecule has 1 aliphatic heterocycles. The van der Waals surface area contributed by atoms with Crippen LogP contribution >= 0.6 is 15.9 Å². The summed E-state index contributed by atoms with van der Waals surface area (Å²) in [5.41, 5.74) is 1.26. The van der Waals surface area contributed by atoms with Gasteiger partial charge in [-0.05, 0) is 49.4 Å². The molecule has 112 valence electrons. The van der Waals surface area contributed by atoms with Crippen molar-refractivity contribution in [2.45, 2.75) is 19.8 Å². The molecule has 0 saturated carbocycles. The molecule has 2 rings (SSSR count). The Morgan fingerprint density at radius 3 is 2.75 bits per heavy atom. The van der Waals surface area contributed by atoms with Gasteiger partial charge in [0.15, 0.2) is 9.84 Å². The molecule has 0 aliphatic carbocycles. The van der Waals surface area contributed by atoms with Crippen LogP contribution in [0.2, 0.25) is 0 Å². The molecule has 0 bridgehead atoms. The Morgan fingerprint density at radius 2 is 2.15 bits per heavy atom. The minimum absolute atomic E-state index is 0.283. The van der Waals surface area contributed by atoms with E-state index in [2.05, 4.69) is 34.2 Å². The van der Waals surface area contributed by atoms with E-state index in [9.17, 15) is 8.42 Å². The van der Waals surface area contributed by atoms with E-state index in [-0.39, 0.29) is 5.92 Å². The van der Waals surface area contributed by atoms with Gasteiger partial charge in [0, 0.05) is 4.47 Å². The molecule has 1 N–H and O–H groups in total. The van der Waals surface area contributed by atoms with Crippen molar-refractivity contribution in [2.24, 2.45) is 11.8 Å². The van der Waals surface area contributed by atoms with Crippen molar-refractivity contribution < 1.29 is 8.42 Å². The number of hydrogen-bond acceptors (Lipinski definition) is 3. The summed E-state index contributed by atoms with van der Waals surface area (Å²) < 4.78 is 24.5. The van der Waals surface area contributed by atoms with Crippen LogP contribution in [-0.4, -0.2) is 33.0 Å². The average Bonchev–Trinajstić information content (AvgIpc) is 2.77. The van der Waals surface area contributed by atoms with Gasteiger partial charge in [-0.2, -0.15) is 0 Å². The molecule has 1 fully saturated rings. The monoisotopic (exact) mass is 359 g/mol. The quantitative estimate of drug-likeness (QED) is 0.849. The van der Waals surface area contributed by atoms with Gasteiger partial charge >= 0.3 is 0 Å². The van der Waals surface area contributed by atoms with Gasteiger partial charge in [-0.15, -0.1) is 0 Å². The second-order valence-corrected chi connectivity index (χ2v) is 8.61. The van der Waals surface area contributed by atoms with Crippen LogP contribution in [0.1, 0.15) is 18.9 Å². The van der Waals surface area contributed by atoms with Crippen LogP contribution in [-0.2, 0) is 16.3 Å². The first kappa shape index (κ1) is 16.0. The summed E-state index contributed by atoms with van der Waals surface area (Å²) in [5, 5.41) is 3.38. The molecule has 1 aromatic rings. The highest BCUT2D eigenvalue weighted by Gasteiger charge is 2.33. The fourth-order valence-corrected chi connectivity index (χ4v) is 5.24. The van der Waals surface area contributed by atoms with E-state index in [4.69, 9.17) is 0 Å². The molecule has 5 heteroatoms. The van der Waals surface area contributed by atoms with Gasteiger partial charge in [0.05, 0.1) is 11.5 Å². The lowest BCUT2D eigenvalue weighted by molar-refractivity contribution is 0.345. The predicted octanol–water partition coefficient (Wildman–Crippen LogP) is 2.65. The zero-order chi connectivity index (χ0) is 14.6. The van der Waals surface area contributed by atoms with Crippen molar-refractivity contribution in [3.8, 4) is 0 Å². The third kappa shape index (κ3) is 4.30. The van der Waals surface area contributed by atoms with Crippen molar-refractivity contribution in [1.29, 1.82) is 0 Å². The van der Waals surface area contributed by atoms with Crippen LogP contribution in [0.4, 0.5) is 0 Å². The second-order valence-electron chi connectivity index (χ2n) is 5.53. The van der Waals surface area contributed by atoms with E-state index < -0.39 is 9.84 Å². The first-order valence-electron chi connectivity index (χ1n) is 7.16. The van der Waals surface area contributed by atoms with Gasteiger partial charge in [0.2, 0.25) is 0 Å². The Morgan fingerprint density at radius 1 is 1.40 bits per heavy atom. The zero-order valence-electron chi connectivity index (χ0n) is 11.8. The highest BCUT2D eigenvalue weighted by molar-refractivity contribution is 9.10. The maximum atomic E-state index is 11.7. The summed E-state index contributed by atoms with van der Waals surface area (Å²) in [6.45, 7) is 3.89. The molecular weight excluding hydrogens is 338 g/mol. The molecule has 1 heterocycles. The Kier molecular flexibility index (Phi) is 5.64. The Balaban J connectivity index is 2.10. The largest absolute Gasteiger partial charge is 0.317 e. The van der Waals surface area contributed by atoms with Crippen molar-refractivity contribution in [2.75, 3.05) is 24.6 Å². The highest BCUT2D eigenvalue weighted by atomic mass is 79.9. The van der Waals surface area contributed by atoms with Crippen LogP contribution in [0.25, 0.3) is 0 Å². The van der Waals surface area contributed by atoms with Crippen molar-refractivity contribution in [3.63, 3.8) is 0 Å². The summed E-state index contributed by atoms with van der Waals surface area (Å²) >= 11 is 3.59. The Bertz CT molecular complexity index is 545. The Labute approximate surface area is 130 Å². The van der Waals surface area contributed by atoms with Gasteiger partial charge in [-0.1, -0.05) is 41.1 Å². The third-order valence-electron chi connectivity index (χ3n) is 4.03.